The molecule has 0 bridgehead atoms. The third-order valence-corrected chi connectivity index (χ3v) is 5.38. The molecule has 0 saturated heterocycles. The first kappa shape index (κ1) is 16.2. The number of rotatable bonds is 3. The number of hydrogen-bond acceptors (Lipinski definition) is 3. The van der Waals surface area contributed by atoms with Crippen LogP contribution in [0.3, 0.4) is 0 Å². The predicted octanol–water partition coefficient (Wildman–Crippen LogP) is 3.94. The Morgan fingerprint density at radius 3 is 2.48 bits per heavy atom. The van der Waals surface area contributed by atoms with E-state index >= 15 is 0 Å². The van der Waals surface area contributed by atoms with Crippen molar-refractivity contribution in [2.75, 3.05) is 5.73 Å². The zero-order chi connectivity index (χ0) is 15.8. The van der Waals surface area contributed by atoms with Gasteiger partial charge in [-0.1, -0.05) is 11.6 Å². The SMILES string of the molecule is Nc1ccc(S(=O)(=O)Cc2c(F)ccc(Br)c2F)cc1Cl. The molecule has 0 spiro atoms. The van der Waals surface area contributed by atoms with E-state index in [9.17, 15) is 17.2 Å². The number of hydrogen-bond donors (Lipinski definition) is 1. The maximum absolute atomic E-state index is 13.9. The van der Waals surface area contributed by atoms with Gasteiger partial charge in [0.1, 0.15) is 11.6 Å². The molecular formula is C13H9BrClF2NO2S. The normalized spacial score (nSPS) is 11.6. The second kappa shape index (κ2) is 5.90. The molecule has 0 saturated carbocycles. The number of sulfone groups is 1. The molecule has 0 heterocycles. The van der Waals surface area contributed by atoms with Crippen molar-refractivity contribution in [3.8, 4) is 0 Å². The molecule has 0 aliphatic heterocycles. The standard InChI is InChI=1S/C13H9BrClF2NO2S/c14-9-2-3-11(16)8(13(9)17)6-21(19,20)7-1-4-12(18)10(15)5-7/h1-5H,6,18H2. The zero-order valence-corrected chi connectivity index (χ0v) is 13.6. The van der Waals surface area contributed by atoms with Gasteiger partial charge in [0.25, 0.3) is 0 Å². The Bertz CT molecular complexity index is 812. The molecule has 112 valence electrons. The van der Waals surface area contributed by atoms with Crippen molar-refractivity contribution < 1.29 is 17.2 Å². The average molecular weight is 397 g/mol. The van der Waals surface area contributed by atoms with Crippen molar-refractivity contribution in [1.82, 2.24) is 0 Å². The third-order valence-electron chi connectivity index (χ3n) is 2.80. The molecule has 0 aromatic heterocycles. The van der Waals surface area contributed by atoms with Gasteiger partial charge in [0.05, 0.1) is 25.8 Å². The fourth-order valence-corrected chi connectivity index (χ4v) is 3.68. The highest BCUT2D eigenvalue weighted by Gasteiger charge is 2.22. The summed E-state index contributed by atoms with van der Waals surface area (Å²) in [5.41, 5.74) is 5.19. The maximum Gasteiger partial charge on any atom is 0.182 e. The van der Waals surface area contributed by atoms with Gasteiger partial charge in [0.2, 0.25) is 0 Å². The van der Waals surface area contributed by atoms with Gasteiger partial charge in [-0.2, -0.15) is 0 Å². The number of nitrogens with two attached hydrogens (primary N) is 1. The van der Waals surface area contributed by atoms with E-state index in [2.05, 4.69) is 15.9 Å². The Kier molecular flexibility index (Phi) is 4.55. The molecule has 2 aromatic carbocycles. The minimum atomic E-state index is -3.96. The van der Waals surface area contributed by atoms with Gasteiger partial charge < -0.3 is 5.73 Å². The highest BCUT2D eigenvalue weighted by atomic mass is 79.9. The Morgan fingerprint density at radius 1 is 1.19 bits per heavy atom. The fraction of sp³-hybridized carbons (Fsp3) is 0.0769. The summed E-state index contributed by atoms with van der Waals surface area (Å²) in [5, 5.41) is 0.0614. The van der Waals surface area contributed by atoms with E-state index in [0.29, 0.717) is 0 Å². The summed E-state index contributed by atoms with van der Waals surface area (Å²) in [6.45, 7) is 0. The van der Waals surface area contributed by atoms with Gasteiger partial charge >= 0.3 is 0 Å². The molecule has 0 aliphatic rings. The van der Waals surface area contributed by atoms with E-state index in [1.165, 1.54) is 18.2 Å². The number of benzene rings is 2. The molecule has 3 nitrogen and oxygen atoms in total. The van der Waals surface area contributed by atoms with Crippen LogP contribution in [0.25, 0.3) is 0 Å². The topological polar surface area (TPSA) is 60.2 Å². The van der Waals surface area contributed by atoms with Crippen molar-refractivity contribution in [2.24, 2.45) is 0 Å². The Balaban J connectivity index is 2.47. The van der Waals surface area contributed by atoms with Crippen LogP contribution in [-0.2, 0) is 15.6 Å². The van der Waals surface area contributed by atoms with Gasteiger partial charge in [-0.05, 0) is 46.3 Å². The molecule has 0 unspecified atom stereocenters. The van der Waals surface area contributed by atoms with Crippen LogP contribution in [0.2, 0.25) is 5.02 Å². The molecule has 2 rings (SSSR count). The first-order chi connectivity index (χ1) is 9.72. The monoisotopic (exact) mass is 395 g/mol. The lowest BCUT2D eigenvalue weighted by atomic mass is 10.2. The van der Waals surface area contributed by atoms with Gasteiger partial charge in [-0.25, -0.2) is 17.2 Å². The minimum absolute atomic E-state index is 0.00978. The highest BCUT2D eigenvalue weighted by molar-refractivity contribution is 9.10. The Labute approximate surface area is 133 Å². The van der Waals surface area contributed by atoms with Gasteiger partial charge in [-0.3, -0.25) is 0 Å². The largest absolute Gasteiger partial charge is 0.398 e. The molecule has 0 atom stereocenters. The average Bonchev–Trinajstić information content (AvgIpc) is 2.42. The summed E-state index contributed by atoms with van der Waals surface area (Å²) in [6, 6.07) is 5.88. The highest BCUT2D eigenvalue weighted by Crippen LogP contribution is 2.28. The van der Waals surface area contributed by atoms with E-state index in [1.54, 1.807) is 0 Å². The second-order valence-electron chi connectivity index (χ2n) is 4.26. The Morgan fingerprint density at radius 2 is 1.86 bits per heavy atom. The smallest absolute Gasteiger partial charge is 0.182 e. The summed E-state index contributed by atoms with van der Waals surface area (Å²) < 4.78 is 52.0. The van der Waals surface area contributed by atoms with Crippen LogP contribution in [0.5, 0.6) is 0 Å². The molecule has 2 N–H and O–H groups in total. The predicted molar refractivity (Wildman–Crippen MR) is 80.8 cm³/mol. The van der Waals surface area contributed by atoms with Crippen molar-refractivity contribution in [3.05, 3.63) is 57.0 Å². The van der Waals surface area contributed by atoms with Crippen molar-refractivity contribution in [2.45, 2.75) is 10.6 Å². The first-order valence-electron chi connectivity index (χ1n) is 5.62. The van der Waals surface area contributed by atoms with E-state index < -0.39 is 32.8 Å². The number of anilines is 1. The molecule has 2 aromatic rings. The third kappa shape index (κ3) is 3.36. The molecular weight excluding hydrogens is 388 g/mol. The molecule has 0 fully saturated rings. The molecule has 0 aliphatic carbocycles. The molecule has 0 amide bonds. The molecule has 0 radical (unpaired) electrons. The van der Waals surface area contributed by atoms with Crippen LogP contribution in [0.1, 0.15) is 5.56 Å². The summed E-state index contributed by atoms with van der Waals surface area (Å²) in [5.74, 6) is -2.69. The van der Waals surface area contributed by atoms with Crippen LogP contribution in [0, 0.1) is 11.6 Å². The van der Waals surface area contributed by atoms with E-state index in [-0.39, 0.29) is 20.1 Å². The summed E-state index contributed by atoms with van der Waals surface area (Å²) in [4.78, 5) is -0.152. The summed E-state index contributed by atoms with van der Waals surface area (Å²) >= 11 is 8.66. The van der Waals surface area contributed by atoms with Crippen LogP contribution in [-0.4, -0.2) is 8.42 Å². The summed E-state index contributed by atoms with van der Waals surface area (Å²) in [6.07, 6.45) is 0. The molecule has 8 heteroatoms. The Hall–Kier alpha value is -1.18. The quantitative estimate of drug-likeness (QED) is 0.631. The maximum atomic E-state index is 13.9. The second-order valence-corrected chi connectivity index (χ2v) is 7.52. The lowest BCUT2D eigenvalue weighted by Gasteiger charge is -2.09. The number of halogens is 4. The minimum Gasteiger partial charge on any atom is -0.398 e. The van der Waals surface area contributed by atoms with Gasteiger partial charge in [0.15, 0.2) is 9.84 Å². The first-order valence-corrected chi connectivity index (χ1v) is 8.45. The molecule has 21 heavy (non-hydrogen) atoms. The van der Waals surface area contributed by atoms with Crippen molar-refractivity contribution in [3.63, 3.8) is 0 Å². The van der Waals surface area contributed by atoms with Crippen LogP contribution in [0.4, 0.5) is 14.5 Å². The zero-order valence-electron chi connectivity index (χ0n) is 10.4. The van der Waals surface area contributed by atoms with Gasteiger partial charge in [0, 0.05) is 5.56 Å². The van der Waals surface area contributed by atoms with Gasteiger partial charge in [-0.15, -0.1) is 0 Å². The fourth-order valence-electron chi connectivity index (χ4n) is 1.68. The number of nitrogen functional groups attached to an aromatic ring is 1. The van der Waals surface area contributed by atoms with Crippen LogP contribution in [0.15, 0.2) is 39.7 Å². The van der Waals surface area contributed by atoms with Crippen LogP contribution < -0.4 is 5.73 Å². The lowest BCUT2D eigenvalue weighted by molar-refractivity contribution is 0.552. The van der Waals surface area contributed by atoms with E-state index in [0.717, 1.165) is 12.1 Å². The van der Waals surface area contributed by atoms with Crippen molar-refractivity contribution in [1.29, 1.82) is 0 Å². The van der Waals surface area contributed by atoms with E-state index in [1.807, 2.05) is 0 Å². The lowest BCUT2D eigenvalue weighted by Crippen LogP contribution is -2.09. The van der Waals surface area contributed by atoms with E-state index in [4.69, 9.17) is 17.3 Å². The van der Waals surface area contributed by atoms with Crippen molar-refractivity contribution >= 4 is 43.1 Å². The van der Waals surface area contributed by atoms with Crippen LogP contribution >= 0.6 is 27.5 Å². The summed E-state index contributed by atoms with van der Waals surface area (Å²) in [7, 11) is -3.96.